The van der Waals surface area contributed by atoms with Crippen molar-refractivity contribution in [2.75, 3.05) is 5.43 Å². The molecule has 0 aliphatic rings. The largest absolute Gasteiger partial charge is 0.329 e. The maximum absolute atomic E-state index is 12.2. The third-order valence-electron chi connectivity index (χ3n) is 3.97. The van der Waals surface area contributed by atoms with Gasteiger partial charge in [-0.2, -0.15) is 10.1 Å². The molecule has 0 amide bonds. The Morgan fingerprint density at radius 3 is 2.68 bits per heavy atom. The monoisotopic (exact) mass is 340 g/mol. The van der Waals surface area contributed by atoms with Crippen molar-refractivity contribution >= 4 is 22.8 Å². The van der Waals surface area contributed by atoms with Crippen LogP contribution in [0, 0.1) is 0 Å². The Balaban J connectivity index is 2.08. The van der Waals surface area contributed by atoms with Gasteiger partial charge in [-0.1, -0.05) is 37.3 Å². The van der Waals surface area contributed by atoms with Gasteiger partial charge in [0, 0.05) is 13.6 Å². The summed E-state index contributed by atoms with van der Waals surface area (Å²) in [5, 5.41) is 4.37. The number of nitrogens with zero attached hydrogens (tertiary/aromatic N) is 4. The predicted molar refractivity (Wildman–Crippen MR) is 98.2 cm³/mol. The molecule has 0 saturated heterocycles. The number of hydrogen-bond donors (Lipinski definition) is 2. The summed E-state index contributed by atoms with van der Waals surface area (Å²) < 4.78 is 3.07. The van der Waals surface area contributed by atoms with E-state index in [1.54, 1.807) is 11.6 Å². The molecule has 2 heterocycles. The zero-order valence-corrected chi connectivity index (χ0v) is 14.4. The summed E-state index contributed by atoms with van der Waals surface area (Å²) in [4.78, 5) is 30.7. The Kier molecular flexibility index (Phi) is 4.51. The molecule has 0 saturated carbocycles. The lowest BCUT2D eigenvalue weighted by Crippen LogP contribution is -2.29. The van der Waals surface area contributed by atoms with E-state index in [4.69, 9.17) is 0 Å². The summed E-state index contributed by atoms with van der Waals surface area (Å²) in [7, 11) is 1.58. The van der Waals surface area contributed by atoms with Gasteiger partial charge in [-0.3, -0.25) is 14.3 Å². The maximum Gasteiger partial charge on any atom is 0.329 e. The van der Waals surface area contributed by atoms with Crippen molar-refractivity contribution in [3.05, 3.63) is 56.7 Å². The third-order valence-corrected chi connectivity index (χ3v) is 3.97. The van der Waals surface area contributed by atoms with E-state index < -0.39 is 11.2 Å². The van der Waals surface area contributed by atoms with Gasteiger partial charge >= 0.3 is 5.69 Å². The standard InChI is InChI=1S/C17H20N6O2/c1-4-10-23-13-14(22(3)17(25)19-15(13)24)18-16(23)21-20-11(2)12-8-6-5-7-9-12/h5-9H,4,10H2,1-3H3,(H,18,21)(H,19,24,25)/b20-11-. The quantitative estimate of drug-likeness (QED) is 0.545. The first-order valence-corrected chi connectivity index (χ1v) is 8.08. The van der Waals surface area contributed by atoms with Crippen molar-refractivity contribution in [3.8, 4) is 0 Å². The molecular weight excluding hydrogens is 320 g/mol. The summed E-state index contributed by atoms with van der Waals surface area (Å²) in [5.41, 5.74) is 4.46. The number of aromatic amines is 1. The lowest BCUT2D eigenvalue weighted by molar-refractivity contribution is 0.698. The minimum Gasteiger partial charge on any atom is -0.303 e. The van der Waals surface area contributed by atoms with E-state index in [-0.39, 0.29) is 0 Å². The second-order valence-electron chi connectivity index (χ2n) is 5.75. The molecule has 3 aromatic rings. The van der Waals surface area contributed by atoms with Gasteiger partial charge in [0.25, 0.3) is 5.56 Å². The fraction of sp³-hybridized carbons (Fsp3) is 0.294. The van der Waals surface area contributed by atoms with Crippen LogP contribution < -0.4 is 16.7 Å². The van der Waals surface area contributed by atoms with Gasteiger partial charge in [0.1, 0.15) is 0 Å². The van der Waals surface area contributed by atoms with Gasteiger partial charge in [0.15, 0.2) is 11.2 Å². The van der Waals surface area contributed by atoms with Gasteiger partial charge < -0.3 is 4.57 Å². The van der Waals surface area contributed by atoms with Crippen LogP contribution in [-0.4, -0.2) is 24.8 Å². The number of imidazole rings is 1. The molecule has 8 heteroatoms. The molecule has 0 spiro atoms. The van der Waals surface area contributed by atoms with E-state index >= 15 is 0 Å². The van der Waals surface area contributed by atoms with Gasteiger partial charge in [-0.25, -0.2) is 10.2 Å². The van der Waals surface area contributed by atoms with Gasteiger partial charge in [-0.15, -0.1) is 0 Å². The van der Waals surface area contributed by atoms with E-state index in [0.29, 0.717) is 23.7 Å². The van der Waals surface area contributed by atoms with Crippen LogP contribution in [0.4, 0.5) is 5.95 Å². The summed E-state index contributed by atoms with van der Waals surface area (Å²) in [5.74, 6) is 0.429. The molecule has 0 aliphatic carbocycles. The smallest absolute Gasteiger partial charge is 0.303 e. The van der Waals surface area contributed by atoms with Gasteiger partial charge in [0.05, 0.1) is 5.71 Å². The number of hydrogen-bond acceptors (Lipinski definition) is 5. The third kappa shape index (κ3) is 3.10. The van der Waals surface area contributed by atoms with Crippen molar-refractivity contribution in [2.45, 2.75) is 26.8 Å². The number of hydrazone groups is 1. The van der Waals surface area contributed by atoms with Gasteiger partial charge in [-0.05, 0) is 18.9 Å². The number of rotatable bonds is 5. The second kappa shape index (κ2) is 6.76. The number of anilines is 1. The van der Waals surface area contributed by atoms with Gasteiger partial charge in [0.2, 0.25) is 5.95 Å². The predicted octanol–water partition coefficient (Wildman–Crippen LogP) is 1.67. The van der Waals surface area contributed by atoms with Crippen LogP contribution in [0.2, 0.25) is 0 Å². The van der Waals surface area contributed by atoms with Crippen LogP contribution in [0.3, 0.4) is 0 Å². The highest BCUT2D eigenvalue weighted by Gasteiger charge is 2.16. The van der Waals surface area contributed by atoms with Crippen molar-refractivity contribution in [1.29, 1.82) is 0 Å². The van der Waals surface area contributed by atoms with E-state index in [1.165, 1.54) is 4.57 Å². The van der Waals surface area contributed by atoms with Crippen molar-refractivity contribution in [3.63, 3.8) is 0 Å². The molecule has 130 valence electrons. The van der Waals surface area contributed by atoms with Crippen LogP contribution in [0.25, 0.3) is 11.2 Å². The zero-order valence-electron chi connectivity index (χ0n) is 14.4. The minimum absolute atomic E-state index is 0.331. The summed E-state index contributed by atoms with van der Waals surface area (Å²) in [6.45, 7) is 4.47. The minimum atomic E-state index is -0.492. The first-order valence-electron chi connectivity index (χ1n) is 8.08. The van der Waals surface area contributed by atoms with Crippen LogP contribution in [0.5, 0.6) is 0 Å². The number of aromatic nitrogens is 4. The number of nitrogens with one attached hydrogen (secondary N) is 2. The first kappa shape index (κ1) is 16.7. The molecule has 1 aromatic carbocycles. The maximum atomic E-state index is 12.2. The SMILES string of the molecule is CCCn1c(N/N=C(/C)c2ccccc2)nc2c1c(=O)[nH]c(=O)n2C. The average molecular weight is 340 g/mol. The molecule has 8 nitrogen and oxygen atoms in total. The van der Waals surface area contributed by atoms with Crippen molar-refractivity contribution < 1.29 is 0 Å². The lowest BCUT2D eigenvalue weighted by atomic mass is 10.1. The first-order chi connectivity index (χ1) is 12.0. The Hall–Kier alpha value is -3.16. The van der Waals surface area contributed by atoms with E-state index in [2.05, 4.69) is 20.5 Å². The number of H-pyrrole nitrogens is 1. The molecule has 25 heavy (non-hydrogen) atoms. The molecule has 0 aliphatic heterocycles. The number of fused-ring (bicyclic) bond motifs is 1. The Morgan fingerprint density at radius 1 is 1.28 bits per heavy atom. The Bertz CT molecular complexity index is 1040. The molecule has 2 aromatic heterocycles. The molecule has 0 radical (unpaired) electrons. The summed E-state index contributed by atoms with van der Waals surface area (Å²) >= 11 is 0. The fourth-order valence-electron chi connectivity index (χ4n) is 2.64. The average Bonchev–Trinajstić information content (AvgIpc) is 2.98. The van der Waals surface area contributed by atoms with Crippen LogP contribution >= 0.6 is 0 Å². The normalized spacial score (nSPS) is 11.9. The number of benzene rings is 1. The van der Waals surface area contributed by atoms with E-state index in [1.807, 2.05) is 44.2 Å². The van der Waals surface area contributed by atoms with Crippen LogP contribution in [0.15, 0.2) is 45.0 Å². The van der Waals surface area contributed by atoms with Crippen LogP contribution in [0.1, 0.15) is 25.8 Å². The Labute approximate surface area is 143 Å². The molecule has 0 unspecified atom stereocenters. The molecule has 2 N–H and O–H groups in total. The Morgan fingerprint density at radius 2 is 2.00 bits per heavy atom. The highest BCUT2D eigenvalue weighted by Crippen LogP contribution is 2.16. The van der Waals surface area contributed by atoms with E-state index in [9.17, 15) is 9.59 Å². The summed E-state index contributed by atoms with van der Waals surface area (Å²) in [6.07, 6.45) is 0.809. The summed E-state index contributed by atoms with van der Waals surface area (Å²) in [6, 6.07) is 9.75. The fourth-order valence-corrected chi connectivity index (χ4v) is 2.64. The highest BCUT2D eigenvalue weighted by molar-refractivity contribution is 5.99. The van der Waals surface area contributed by atoms with E-state index in [0.717, 1.165) is 17.7 Å². The van der Waals surface area contributed by atoms with Crippen LogP contribution in [-0.2, 0) is 13.6 Å². The second-order valence-corrected chi connectivity index (χ2v) is 5.75. The molecule has 0 bridgehead atoms. The molecule has 0 atom stereocenters. The zero-order chi connectivity index (χ0) is 18.0. The highest BCUT2D eigenvalue weighted by atomic mass is 16.2. The van der Waals surface area contributed by atoms with Crippen molar-refractivity contribution in [2.24, 2.45) is 12.1 Å². The van der Waals surface area contributed by atoms with Crippen molar-refractivity contribution in [1.82, 2.24) is 19.1 Å². The number of aryl methyl sites for hydroxylation is 2. The topological polar surface area (TPSA) is 97.1 Å². The molecule has 3 rings (SSSR count). The molecular formula is C17H20N6O2. The molecule has 0 fully saturated rings. The lowest BCUT2D eigenvalue weighted by Gasteiger charge is -2.07.